The zero-order valence-electron chi connectivity index (χ0n) is 14.2. The molecule has 0 bridgehead atoms. The summed E-state index contributed by atoms with van der Waals surface area (Å²) in [6.07, 6.45) is 1.99. The fourth-order valence-corrected chi connectivity index (χ4v) is 3.20. The molecule has 0 aliphatic heterocycles. The number of aryl methyl sites for hydroxylation is 1. The first-order valence-corrected chi connectivity index (χ1v) is 8.38. The van der Waals surface area contributed by atoms with Crippen LogP contribution in [0.4, 0.5) is 0 Å². The highest BCUT2D eigenvalue weighted by atomic mass is 16.5. The minimum Gasteiger partial charge on any atom is -0.490 e. The van der Waals surface area contributed by atoms with Gasteiger partial charge in [-0.05, 0) is 43.0 Å². The Bertz CT molecular complexity index is 714. The average molecular weight is 325 g/mol. The first-order chi connectivity index (χ1) is 11.7. The van der Waals surface area contributed by atoms with Gasteiger partial charge in [0.05, 0.1) is 12.6 Å². The summed E-state index contributed by atoms with van der Waals surface area (Å²) in [4.78, 5) is 14.3. The summed E-state index contributed by atoms with van der Waals surface area (Å²) in [6, 6.07) is 15.9. The molecule has 24 heavy (non-hydrogen) atoms. The first kappa shape index (κ1) is 16.4. The summed E-state index contributed by atoms with van der Waals surface area (Å²) >= 11 is 0. The zero-order valence-corrected chi connectivity index (χ0v) is 14.2. The Morgan fingerprint density at radius 2 is 1.75 bits per heavy atom. The maximum atomic E-state index is 12.5. The number of benzene rings is 2. The van der Waals surface area contributed by atoms with Gasteiger partial charge < -0.3 is 14.4 Å². The lowest BCUT2D eigenvalue weighted by Gasteiger charge is -2.25. The van der Waals surface area contributed by atoms with E-state index >= 15 is 0 Å². The highest BCUT2D eigenvalue weighted by molar-refractivity contribution is 5.78. The van der Waals surface area contributed by atoms with E-state index in [0.29, 0.717) is 18.1 Å². The second kappa shape index (κ2) is 7.39. The van der Waals surface area contributed by atoms with Crippen molar-refractivity contribution in [3.63, 3.8) is 0 Å². The van der Waals surface area contributed by atoms with Crippen LogP contribution in [0.1, 0.15) is 30.5 Å². The van der Waals surface area contributed by atoms with Crippen molar-refractivity contribution in [2.75, 3.05) is 20.3 Å². The Morgan fingerprint density at radius 1 is 1.08 bits per heavy atom. The lowest BCUT2D eigenvalue weighted by molar-refractivity contribution is -0.134. The fourth-order valence-electron chi connectivity index (χ4n) is 3.20. The lowest BCUT2D eigenvalue weighted by Crippen LogP contribution is -2.34. The standard InChI is InChI=1S/C20H23NO3/c1-3-23-18-10-6-7-11-19(18)24-14-20(22)21(2)17-13-12-15-8-4-5-9-16(15)17/h4-11,17H,3,12-14H2,1-2H3/t17-/m0/s1. The number of carbonyl (C=O) groups is 1. The Balaban J connectivity index is 1.64. The summed E-state index contributed by atoms with van der Waals surface area (Å²) in [5, 5.41) is 0. The molecule has 0 saturated heterocycles. The molecule has 4 nitrogen and oxygen atoms in total. The molecule has 3 rings (SSSR count). The van der Waals surface area contributed by atoms with Crippen molar-refractivity contribution in [2.24, 2.45) is 0 Å². The van der Waals surface area contributed by atoms with Crippen molar-refractivity contribution in [1.82, 2.24) is 4.90 Å². The van der Waals surface area contributed by atoms with Crippen LogP contribution in [-0.2, 0) is 11.2 Å². The number of hydrogen-bond acceptors (Lipinski definition) is 3. The van der Waals surface area contributed by atoms with Gasteiger partial charge in [0.25, 0.3) is 5.91 Å². The summed E-state index contributed by atoms with van der Waals surface area (Å²) in [6.45, 7) is 2.50. The summed E-state index contributed by atoms with van der Waals surface area (Å²) < 4.78 is 11.2. The summed E-state index contributed by atoms with van der Waals surface area (Å²) in [7, 11) is 1.85. The van der Waals surface area contributed by atoms with Crippen LogP contribution in [0, 0.1) is 0 Å². The average Bonchev–Trinajstić information content (AvgIpc) is 3.04. The van der Waals surface area contributed by atoms with Crippen LogP contribution < -0.4 is 9.47 Å². The number of amides is 1. The van der Waals surface area contributed by atoms with Gasteiger partial charge in [-0.1, -0.05) is 36.4 Å². The number of para-hydroxylation sites is 2. The summed E-state index contributed by atoms with van der Waals surface area (Å²) in [5.74, 6) is 1.25. The van der Waals surface area contributed by atoms with Crippen molar-refractivity contribution in [1.29, 1.82) is 0 Å². The predicted octanol–water partition coefficient (Wildman–Crippen LogP) is 3.61. The number of nitrogens with zero attached hydrogens (tertiary/aromatic N) is 1. The molecule has 0 N–H and O–H groups in total. The number of carbonyl (C=O) groups excluding carboxylic acids is 1. The monoisotopic (exact) mass is 325 g/mol. The van der Waals surface area contributed by atoms with Crippen LogP contribution in [0.3, 0.4) is 0 Å². The van der Waals surface area contributed by atoms with E-state index in [0.717, 1.165) is 12.8 Å². The van der Waals surface area contributed by atoms with Crippen molar-refractivity contribution < 1.29 is 14.3 Å². The maximum Gasteiger partial charge on any atom is 0.260 e. The van der Waals surface area contributed by atoms with Crippen LogP contribution >= 0.6 is 0 Å². The minimum atomic E-state index is -0.0250. The Kier molecular flexibility index (Phi) is 5.04. The molecule has 0 saturated carbocycles. The second-order valence-corrected chi connectivity index (χ2v) is 5.93. The Hall–Kier alpha value is -2.49. The normalized spacial score (nSPS) is 15.7. The summed E-state index contributed by atoms with van der Waals surface area (Å²) in [5.41, 5.74) is 2.59. The predicted molar refractivity (Wildman–Crippen MR) is 93.4 cm³/mol. The van der Waals surface area contributed by atoms with E-state index in [1.54, 1.807) is 4.90 Å². The van der Waals surface area contributed by atoms with E-state index in [1.807, 2.05) is 44.3 Å². The zero-order chi connectivity index (χ0) is 16.9. The number of rotatable bonds is 6. The number of fused-ring (bicyclic) bond motifs is 1. The molecule has 2 aromatic rings. The van der Waals surface area contributed by atoms with Crippen molar-refractivity contribution >= 4 is 5.91 Å². The molecule has 0 radical (unpaired) electrons. The fraction of sp³-hybridized carbons (Fsp3) is 0.350. The highest BCUT2D eigenvalue weighted by Crippen LogP contribution is 2.35. The molecular weight excluding hydrogens is 302 g/mol. The number of hydrogen-bond donors (Lipinski definition) is 0. The minimum absolute atomic E-state index is 0.0131. The van der Waals surface area contributed by atoms with E-state index in [1.165, 1.54) is 11.1 Å². The molecule has 0 spiro atoms. The maximum absolute atomic E-state index is 12.5. The number of likely N-dealkylation sites (N-methyl/N-ethyl adjacent to an activating group) is 1. The van der Waals surface area contributed by atoms with Crippen LogP contribution in [0.2, 0.25) is 0 Å². The van der Waals surface area contributed by atoms with Crippen LogP contribution in [0.5, 0.6) is 11.5 Å². The molecule has 0 fully saturated rings. The topological polar surface area (TPSA) is 38.8 Å². The molecule has 0 aromatic heterocycles. The van der Waals surface area contributed by atoms with Crippen molar-refractivity contribution in [2.45, 2.75) is 25.8 Å². The molecular formula is C20H23NO3. The lowest BCUT2D eigenvalue weighted by atomic mass is 10.1. The largest absolute Gasteiger partial charge is 0.490 e. The van der Waals surface area contributed by atoms with Gasteiger partial charge in [-0.25, -0.2) is 0 Å². The van der Waals surface area contributed by atoms with Crippen LogP contribution in [-0.4, -0.2) is 31.1 Å². The van der Waals surface area contributed by atoms with E-state index in [2.05, 4.69) is 18.2 Å². The first-order valence-electron chi connectivity index (χ1n) is 8.38. The van der Waals surface area contributed by atoms with Gasteiger partial charge in [-0.3, -0.25) is 4.79 Å². The molecule has 1 aliphatic carbocycles. The molecule has 1 amide bonds. The third kappa shape index (κ3) is 3.37. The Morgan fingerprint density at radius 3 is 2.50 bits per heavy atom. The van der Waals surface area contributed by atoms with Gasteiger partial charge in [0.1, 0.15) is 0 Å². The van der Waals surface area contributed by atoms with E-state index in [9.17, 15) is 4.79 Å². The van der Waals surface area contributed by atoms with Gasteiger partial charge in [0.15, 0.2) is 18.1 Å². The van der Waals surface area contributed by atoms with Crippen molar-refractivity contribution in [3.8, 4) is 11.5 Å². The van der Waals surface area contributed by atoms with E-state index < -0.39 is 0 Å². The molecule has 4 heteroatoms. The smallest absolute Gasteiger partial charge is 0.260 e. The van der Waals surface area contributed by atoms with Gasteiger partial charge >= 0.3 is 0 Å². The van der Waals surface area contributed by atoms with Gasteiger partial charge in [0.2, 0.25) is 0 Å². The van der Waals surface area contributed by atoms with Gasteiger partial charge in [-0.2, -0.15) is 0 Å². The van der Waals surface area contributed by atoms with E-state index in [4.69, 9.17) is 9.47 Å². The Labute approximate surface area is 143 Å². The number of ether oxygens (including phenoxy) is 2. The van der Waals surface area contributed by atoms with Crippen LogP contribution in [0.15, 0.2) is 48.5 Å². The molecule has 126 valence electrons. The van der Waals surface area contributed by atoms with Crippen LogP contribution in [0.25, 0.3) is 0 Å². The molecule has 1 aliphatic rings. The second-order valence-electron chi connectivity index (χ2n) is 5.93. The SMILES string of the molecule is CCOc1ccccc1OCC(=O)N(C)[C@H]1CCc2ccccc21. The van der Waals surface area contributed by atoms with Gasteiger partial charge in [0, 0.05) is 7.05 Å². The quantitative estimate of drug-likeness (QED) is 0.814. The van der Waals surface area contributed by atoms with Gasteiger partial charge in [-0.15, -0.1) is 0 Å². The molecule has 2 aromatic carbocycles. The molecule has 0 heterocycles. The highest BCUT2D eigenvalue weighted by Gasteiger charge is 2.28. The third-order valence-electron chi connectivity index (χ3n) is 4.46. The van der Waals surface area contributed by atoms with E-state index in [-0.39, 0.29) is 18.6 Å². The third-order valence-corrected chi connectivity index (χ3v) is 4.46. The molecule has 0 unspecified atom stereocenters. The van der Waals surface area contributed by atoms with Crippen molar-refractivity contribution in [3.05, 3.63) is 59.7 Å². The molecule has 1 atom stereocenters.